The lowest BCUT2D eigenvalue weighted by atomic mass is 10.0. The van der Waals surface area contributed by atoms with Gasteiger partial charge in [-0.2, -0.15) is 0 Å². The van der Waals surface area contributed by atoms with E-state index < -0.39 is 27.2 Å². The number of fused-ring (bicyclic) bond motifs is 1. The fraction of sp³-hybridized carbons (Fsp3) is 0.500. The number of esters is 1. The number of nitro groups is 2. The monoisotopic (exact) mass is 306 g/mol. The van der Waals surface area contributed by atoms with Crippen LogP contribution < -0.4 is 4.74 Å². The van der Waals surface area contributed by atoms with Crippen LogP contribution in [-0.2, 0) is 4.79 Å². The van der Waals surface area contributed by atoms with Gasteiger partial charge in [-0.15, -0.1) is 0 Å². The van der Waals surface area contributed by atoms with Crippen molar-refractivity contribution in [2.24, 2.45) is 17.8 Å². The highest BCUT2D eigenvalue weighted by molar-refractivity contribution is 5.79. The maximum atomic E-state index is 12.1. The number of carbonyl (C=O) groups excluding carboxylic acids is 1. The van der Waals surface area contributed by atoms with E-state index >= 15 is 0 Å². The predicted molar refractivity (Wildman–Crippen MR) is 74.3 cm³/mol. The number of hydrogen-bond donors (Lipinski definition) is 0. The Labute approximate surface area is 125 Å². The van der Waals surface area contributed by atoms with Crippen LogP contribution >= 0.6 is 0 Å². The third kappa shape index (κ3) is 2.63. The van der Waals surface area contributed by atoms with Crippen molar-refractivity contribution >= 4 is 17.3 Å². The molecule has 22 heavy (non-hydrogen) atoms. The Morgan fingerprint density at radius 2 is 1.50 bits per heavy atom. The summed E-state index contributed by atoms with van der Waals surface area (Å²) >= 11 is 0. The number of rotatable bonds is 4. The van der Waals surface area contributed by atoms with Crippen LogP contribution in [0.15, 0.2) is 18.2 Å². The minimum absolute atomic E-state index is 0.144. The van der Waals surface area contributed by atoms with Gasteiger partial charge in [0.2, 0.25) is 0 Å². The highest BCUT2D eigenvalue weighted by Crippen LogP contribution is 2.55. The van der Waals surface area contributed by atoms with Crippen molar-refractivity contribution in [2.45, 2.75) is 25.7 Å². The fourth-order valence-corrected chi connectivity index (χ4v) is 3.36. The molecule has 0 amide bonds. The molecule has 2 saturated carbocycles. The number of nitrogens with zero attached hydrogens (tertiary/aromatic N) is 2. The van der Waals surface area contributed by atoms with E-state index in [-0.39, 0.29) is 11.7 Å². The van der Waals surface area contributed by atoms with E-state index in [0.717, 1.165) is 43.9 Å². The van der Waals surface area contributed by atoms with Crippen LogP contribution in [0.1, 0.15) is 25.7 Å². The first-order valence-electron chi connectivity index (χ1n) is 7.13. The van der Waals surface area contributed by atoms with Crippen molar-refractivity contribution in [3.8, 4) is 5.75 Å². The summed E-state index contributed by atoms with van der Waals surface area (Å²) in [5.74, 6) is -0.0630. The Bertz CT molecular complexity index is 614. The van der Waals surface area contributed by atoms with E-state index in [1.807, 2.05) is 0 Å². The summed E-state index contributed by atoms with van der Waals surface area (Å²) in [6.45, 7) is 0. The quantitative estimate of drug-likeness (QED) is 0.366. The topological polar surface area (TPSA) is 113 Å². The molecule has 0 heterocycles. The highest BCUT2D eigenvalue weighted by Gasteiger charge is 2.55. The normalized spacial score (nSPS) is 25.9. The van der Waals surface area contributed by atoms with E-state index in [9.17, 15) is 25.0 Å². The number of ether oxygens (including phenoxy) is 1. The van der Waals surface area contributed by atoms with Gasteiger partial charge >= 0.3 is 5.97 Å². The molecule has 0 spiro atoms. The number of hydrogen-bond acceptors (Lipinski definition) is 6. The zero-order chi connectivity index (χ0) is 15.9. The van der Waals surface area contributed by atoms with Gasteiger partial charge in [0.15, 0.2) is 0 Å². The van der Waals surface area contributed by atoms with Gasteiger partial charge < -0.3 is 4.74 Å². The average Bonchev–Trinajstić information content (AvgIpc) is 3.21. The van der Waals surface area contributed by atoms with Crippen LogP contribution in [0.5, 0.6) is 5.75 Å². The SMILES string of the molecule is O=C(Oc1cc([N+](=O)[O-])cc([N+](=O)[O-])c1)C1C2CCCCC21. The second-order valence-electron chi connectivity index (χ2n) is 5.76. The maximum absolute atomic E-state index is 12.1. The van der Waals surface area contributed by atoms with Crippen LogP contribution in [0.4, 0.5) is 11.4 Å². The molecule has 2 aliphatic carbocycles. The second-order valence-corrected chi connectivity index (χ2v) is 5.76. The van der Waals surface area contributed by atoms with Crippen molar-refractivity contribution in [1.82, 2.24) is 0 Å². The smallest absolute Gasteiger partial charge is 0.314 e. The molecular formula is C14H14N2O6. The van der Waals surface area contributed by atoms with Crippen LogP contribution in [0.2, 0.25) is 0 Å². The van der Waals surface area contributed by atoms with E-state index in [0.29, 0.717) is 11.8 Å². The molecule has 2 fully saturated rings. The minimum Gasteiger partial charge on any atom is -0.426 e. The van der Waals surface area contributed by atoms with Gasteiger partial charge in [-0.1, -0.05) is 12.8 Å². The second kappa shape index (κ2) is 5.36. The summed E-state index contributed by atoms with van der Waals surface area (Å²) in [6.07, 6.45) is 4.21. The van der Waals surface area contributed by atoms with Gasteiger partial charge in [0, 0.05) is 0 Å². The molecule has 116 valence electrons. The van der Waals surface area contributed by atoms with Gasteiger partial charge in [0.05, 0.1) is 34.0 Å². The van der Waals surface area contributed by atoms with E-state index in [4.69, 9.17) is 4.74 Å². The van der Waals surface area contributed by atoms with Crippen LogP contribution in [0, 0.1) is 38.0 Å². The largest absolute Gasteiger partial charge is 0.426 e. The van der Waals surface area contributed by atoms with E-state index in [2.05, 4.69) is 0 Å². The summed E-state index contributed by atoms with van der Waals surface area (Å²) < 4.78 is 5.16. The van der Waals surface area contributed by atoms with Gasteiger partial charge in [-0.25, -0.2) is 0 Å². The van der Waals surface area contributed by atoms with Gasteiger partial charge in [-0.05, 0) is 24.7 Å². The third-order valence-electron chi connectivity index (χ3n) is 4.44. The zero-order valence-electron chi connectivity index (χ0n) is 11.6. The predicted octanol–water partition coefficient (Wildman–Crippen LogP) is 2.84. The van der Waals surface area contributed by atoms with Crippen LogP contribution in [0.3, 0.4) is 0 Å². The summed E-state index contributed by atoms with van der Waals surface area (Å²) in [6, 6.07) is 2.92. The molecule has 0 radical (unpaired) electrons. The first-order chi connectivity index (χ1) is 10.5. The Morgan fingerprint density at radius 1 is 1.00 bits per heavy atom. The standard InChI is InChI=1S/C14H14N2O6/c17-14(13-11-3-1-2-4-12(11)13)22-10-6-8(15(18)19)5-9(7-10)16(20)21/h5-7,11-13H,1-4H2. The summed E-state index contributed by atoms with van der Waals surface area (Å²) in [5, 5.41) is 21.6. The molecule has 1 aromatic carbocycles. The molecule has 8 nitrogen and oxygen atoms in total. The van der Waals surface area contributed by atoms with Gasteiger partial charge in [0.1, 0.15) is 5.75 Å². The molecule has 0 aliphatic heterocycles. The van der Waals surface area contributed by atoms with Gasteiger partial charge in [-0.3, -0.25) is 25.0 Å². The Hall–Kier alpha value is -2.51. The number of nitro benzene ring substituents is 2. The molecule has 3 rings (SSSR count). The Morgan fingerprint density at radius 3 is 1.95 bits per heavy atom. The lowest BCUT2D eigenvalue weighted by molar-refractivity contribution is -0.394. The van der Waals surface area contributed by atoms with Crippen molar-refractivity contribution in [1.29, 1.82) is 0 Å². The average molecular weight is 306 g/mol. The third-order valence-corrected chi connectivity index (χ3v) is 4.44. The molecular weight excluding hydrogens is 292 g/mol. The molecule has 2 aliphatic rings. The molecule has 0 aromatic heterocycles. The number of non-ortho nitro benzene ring substituents is 2. The summed E-state index contributed by atoms with van der Waals surface area (Å²) in [4.78, 5) is 32.3. The highest BCUT2D eigenvalue weighted by atomic mass is 16.6. The maximum Gasteiger partial charge on any atom is 0.314 e. The summed E-state index contributed by atoms with van der Waals surface area (Å²) in [5.41, 5.74) is -0.935. The minimum atomic E-state index is -0.749. The van der Waals surface area contributed by atoms with Crippen LogP contribution in [-0.4, -0.2) is 15.8 Å². The van der Waals surface area contributed by atoms with Crippen molar-refractivity contribution in [3.05, 3.63) is 38.4 Å². The Kier molecular flexibility index (Phi) is 3.51. The number of carbonyl (C=O) groups is 1. The molecule has 0 saturated heterocycles. The van der Waals surface area contributed by atoms with E-state index in [1.165, 1.54) is 0 Å². The van der Waals surface area contributed by atoms with Crippen LogP contribution in [0.25, 0.3) is 0 Å². The first kappa shape index (κ1) is 14.4. The van der Waals surface area contributed by atoms with Crippen molar-refractivity contribution in [2.75, 3.05) is 0 Å². The first-order valence-corrected chi connectivity index (χ1v) is 7.13. The molecule has 2 unspecified atom stereocenters. The lowest BCUT2D eigenvalue weighted by Gasteiger charge is -2.04. The van der Waals surface area contributed by atoms with Gasteiger partial charge in [0.25, 0.3) is 11.4 Å². The molecule has 0 N–H and O–H groups in total. The van der Waals surface area contributed by atoms with E-state index in [1.54, 1.807) is 0 Å². The van der Waals surface area contributed by atoms with Crippen molar-refractivity contribution in [3.63, 3.8) is 0 Å². The Balaban J connectivity index is 1.78. The zero-order valence-corrected chi connectivity index (χ0v) is 11.6. The molecule has 1 aromatic rings. The molecule has 8 heteroatoms. The fourth-order valence-electron chi connectivity index (χ4n) is 3.36. The summed E-state index contributed by atoms with van der Waals surface area (Å²) in [7, 11) is 0. The number of benzene rings is 1. The molecule has 0 bridgehead atoms. The lowest BCUT2D eigenvalue weighted by Crippen LogP contribution is -2.12. The molecule has 2 atom stereocenters. The van der Waals surface area contributed by atoms with Crippen molar-refractivity contribution < 1.29 is 19.4 Å².